The van der Waals surface area contributed by atoms with E-state index in [0.29, 0.717) is 23.4 Å². The van der Waals surface area contributed by atoms with E-state index in [1.807, 2.05) is 13.8 Å². The summed E-state index contributed by atoms with van der Waals surface area (Å²) in [6.45, 7) is 6.20. The van der Waals surface area contributed by atoms with Crippen LogP contribution in [0.4, 0.5) is 0 Å². The molecule has 2 aromatic rings. The highest BCUT2D eigenvalue weighted by molar-refractivity contribution is 5.78. The Kier molecular flexibility index (Phi) is 3.69. The lowest BCUT2D eigenvalue weighted by Crippen LogP contribution is -2.34. The quantitative estimate of drug-likeness (QED) is 0.858. The van der Waals surface area contributed by atoms with Crippen molar-refractivity contribution in [1.29, 1.82) is 0 Å². The minimum atomic E-state index is -0.182. The summed E-state index contributed by atoms with van der Waals surface area (Å²) >= 11 is 0. The van der Waals surface area contributed by atoms with Crippen LogP contribution in [0, 0.1) is 13.8 Å². The van der Waals surface area contributed by atoms with Gasteiger partial charge in [0.25, 0.3) is 5.56 Å². The predicted molar refractivity (Wildman–Crippen MR) is 73.1 cm³/mol. The van der Waals surface area contributed by atoms with Crippen molar-refractivity contribution in [2.75, 3.05) is 6.54 Å². The summed E-state index contributed by atoms with van der Waals surface area (Å²) in [7, 11) is 0. The van der Waals surface area contributed by atoms with Gasteiger partial charge in [0.15, 0.2) is 0 Å². The van der Waals surface area contributed by atoms with E-state index in [2.05, 4.69) is 15.3 Å². The van der Waals surface area contributed by atoms with Gasteiger partial charge in [-0.15, -0.1) is 0 Å². The SMILES string of the molecule is CCCNC(=O)Cn1c(C)nc2[nH]c(C)cc2c1=O. The number of aryl methyl sites for hydroxylation is 2. The van der Waals surface area contributed by atoms with Crippen LogP contribution in [0.25, 0.3) is 11.0 Å². The number of nitrogens with one attached hydrogen (secondary N) is 2. The topological polar surface area (TPSA) is 79.8 Å². The fourth-order valence-electron chi connectivity index (χ4n) is 1.99. The number of aromatic nitrogens is 3. The standard InChI is InChI=1S/C13H18N4O2/c1-4-5-14-11(18)7-17-9(3)16-12-10(13(17)19)6-8(2)15-12/h6,15H,4-5,7H2,1-3H3,(H,14,18). The van der Waals surface area contributed by atoms with E-state index in [9.17, 15) is 9.59 Å². The molecule has 0 bridgehead atoms. The number of hydrogen-bond acceptors (Lipinski definition) is 3. The molecule has 0 aliphatic rings. The molecule has 19 heavy (non-hydrogen) atoms. The maximum Gasteiger partial charge on any atom is 0.263 e. The van der Waals surface area contributed by atoms with E-state index in [0.717, 1.165) is 12.1 Å². The third-order valence-electron chi connectivity index (χ3n) is 2.95. The zero-order valence-electron chi connectivity index (χ0n) is 11.4. The zero-order chi connectivity index (χ0) is 14.0. The molecule has 0 aromatic carbocycles. The van der Waals surface area contributed by atoms with Crippen LogP contribution >= 0.6 is 0 Å². The summed E-state index contributed by atoms with van der Waals surface area (Å²) in [6.07, 6.45) is 0.869. The minimum absolute atomic E-state index is 0.0117. The lowest BCUT2D eigenvalue weighted by molar-refractivity contribution is -0.121. The highest BCUT2D eigenvalue weighted by atomic mass is 16.2. The Labute approximate surface area is 110 Å². The smallest absolute Gasteiger partial charge is 0.263 e. The third kappa shape index (κ3) is 2.67. The van der Waals surface area contributed by atoms with Crippen molar-refractivity contribution in [3.8, 4) is 0 Å². The summed E-state index contributed by atoms with van der Waals surface area (Å²) in [5.74, 6) is 0.367. The van der Waals surface area contributed by atoms with E-state index in [1.165, 1.54) is 4.57 Å². The second-order valence-corrected chi connectivity index (χ2v) is 4.61. The van der Waals surface area contributed by atoms with Gasteiger partial charge in [0.05, 0.1) is 5.39 Å². The molecule has 2 N–H and O–H groups in total. The second kappa shape index (κ2) is 5.26. The van der Waals surface area contributed by atoms with Gasteiger partial charge in [-0.25, -0.2) is 4.98 Å². The molecule has 0 saturated heterocycles. The fourth-order valence-corrected chi connectivity index (χ4v) is 1.99. The van der Waals surface area contributed by atoms with Crippen LogP contribution < -0.4 is 10.9 Å². The Morgan fingerprint density at radius 2 is 2.21 bits per heavy atom. The van der Waals surface area contributed by atoms with Gasteiger partial charge < -0.3 is 10.3 Å². The Morgan fingerprint density at radius 1 is 1.47 bits per heavy atom. The lowest BCUT2D eigenvalue weighted by Gasteiger charge is -2.09. The fraction of sp³-hybridized carbons (Fsp3) is 0.462. The second-order valence-electron chi connectivity index (χ2n) is 4.61. The molecule has 0 fully saturated rings. The molecule has 0 saturated carbocycles. The number of nitrogens with zero attached hydrogens (tertiary/aromatic N) is 2. The summed E-state index contributed by atoms with van der Waals surface area (Å²) in [5.41, 5.74) is 1.27. The third-order valence-corrected chi connectivity index (χ3v) is 2.95. The Balaban J connectivity index is 2.37. The molecule has 102 valence electrons. The predicted octanol–water partition coefficient (Wildman–Crippen LogP) is 0.868. The average molecular weight is 262 g/mol. The molecule has 2 rings (SSSR count). The van der Waals surface area contributed by atoms with Crippen LogP contribution in [0.2, 0.25) is 0 Å². The molecular weight excluding hydrogens is 244 g/mol. The normalized spacial score (nSPS) is 10.9. The summed E-state index contributed by atoms with van der Waals surface area (Å²) < 4.78 is 1.40. The minimum Gasteiger partial charge on any atom is -0.355 e. The van der Waals surface area contributed by atoms with Crippen LogP contribution in [-0.2, 0) is 11.3 Å². The average Bonchev–Trinajstić information content (AvgIpc) is 2.72. The number of fused-ring (bicyclic) bond motifs is 1. The highest BCUT2D eigenvalue weighted by Gasteiger charge is 2.12. The van der Waals surface area contributed by atoms with Gasteiger partial charge in [-0.1, -0.05) is 6.92 Å². The van der Waals surface area contributed by atoms with Gasteiger partial charge in [-0.05, 0) is 26.3 Å². The highest BCUT2D eigenvalue weighted by Crippen LogP contribution is 2.08. The van der Waals surface area contributed by atoms with Gasteiger partial charge in [-0.3, -0.25) is 14.2 Å². The van der Waals surface area contributed by atoms with Gasteiger partial charge >= 0.3 is 0 Å². The van der Waals surface area contributed by atoms with Crippen molar-refractivity contribution in [2.24, 2.45) is 0 Å². The first-order valence-electron chi connectivity index (χ1n) is 6.36. The summed E-state index contributed by atoms with van der Waals surface area (Å²) in [6, 6.07) is 1.75. The van der Waals surface area contributed by atoms with Crippen LogP contribution in [0.3, 0.4) is 0 Å². The summed E-state index contributed by atoms with van der Waals surface area (Å²) in [5, 5.41) is 3.27. The van der Waals surface area contributed by atoms with E-state index in [1.54, 1.807) is 13.0 Å². The van der Waals surface area contributed by atoms with Crippen molar-refractivity contribution in [3.05, 3.63) is 27.9 Å². The van der Waals surface area contributed by atoms with Crippen LogP contribution in [-0.4, -0.2) is 27.0 Å². The van der Waals surface area contributed by atoms with E-state index < -0.39 is 0 Å². The first kappa shape index (κ1) is 13.3. The molecule has 2 heterocycles. The van der Waals surface area contributed by atoms with Crippen LogP contribution in [0.5, 0.6) is 0 Å². The maximum atomic E-state index is 12.3. The number of H-pyrrole nitrogens is 1. The summed E-state index contributed by atoms with van der Waals surface area (Å²) in [4.78, 5) is 31.4. The molecular formula is C13H18N4O2. The van der Waals surface area contributed by atoms with Crippen molar-refractivity contribution in [3.63, 3.8) is 0 Å². The number of hydrogen-bond donors (Lipinski definition) is 2. The van der Waals surface area contributed by atoms with Gasteiger partial charge in [-0.2, -0.15) is 0 Å². The monoisotopic (exact) mass is 262 g/mol. The van der Waals surface area contributed by atoms with Gasteiger partial charge in [0, 0.05) is 12.2 Å². The Morgan fingerprint density at radius 3 is 2.89 bits per heavy atom. The molecule has 2 aromatic heterocycles. The van der Waals surface area contributed by atoms with Gasteiger partial charge in [0.2, 0.25) is 5.91 Å². The maximum absolute atomic E-state index is 12.3. The number of amides is 1. The lowest BCUT2D eigenvalue weighted by atomic mass is 10.3. The number of rotatable bonds is 4. The molecule has 0 atom stereocenters. The van der Waals surface area contributed by atoms with E-state index in [4.69, 9.17) is 0 Å². The largest absolute Gasteiger partial charge is 0.355 e. The van der Waals surface area contributed by atoms with E-state index in [-0.39, 0.29) is 18.0 Å². The number of carbonyl (C=O) groups is 1. The van der Waals surface area contributed by atoms with E-state index >= 15 is 0 Å². The molecule has 6 heteroatoms. The van der Waals surface area contributed by atoms with Crippen LogP contribution in [0.1, 0.15) is 24.9 Å². The Bertz CT molecular complexity index is 669. The number of carbonyl (C=O) groups excluding carboxylic acids is 1. The van der Waals surface area contributed by atoms with Crippen LogP contribution in [0.15, 0.2) is 10.9 Å². The molecule has 0 aliphatic carbocycles. The van der Waals surface area contributed by atoms with Crippen molar-refractivity contribution < 1.29 is 4.79 Å². The molecule has 0 spiro atoms. The molecule has 0 radical (unpaired) electrons. The first-order valence-corrected chi connectivity index (χ1v) is 6.36. The van der Waals surface area contributed by atoms with Crippen molar-refractivity contribution in [1.82, 2.24) is 19.9 Å². The zero-order valence-corrected chi connectivity index (χ0v) is 11.4. The first-order chi connectivity index (χ1) is 9.02. The molecule has 0 aliphatic heterocycles. The molecule has 0 unspecified atom stereocenters. The number of aromatic amines is 1. The van der Waals surface area contributed by atoms with Crippen molar-refractivity contribution in [2.45, 2.75) is 33.7 Å². The molecule has 1 amide bonds. The van der Waals surface area contributed by atoms with Gasteiger partial charge in [0.1, 0.15) is 18.0 Å². The molecule has 6 nitrogen and oxygen atoms in total. The van der Waals surface area contributed by atoms with Crippen molar-refractivity contribution >= 4 is 16.9 Å². The Hall–Kier alpha value is -2.11.